The van der Waals surface area contributed by atoms with E-state index in [2.05, 4.69) is 10.9 Å². The maximum atomic E-state index is 10.9. The highest BCUT2D eigenvalue weighted by Gasteiger charge is 2.16. The van der Waals surface area contributed by atoms with Gasteiger partial charge in [-0.05, 0) is 6.07 Å². The number of terminal acetylenes is 1. The van der Waals surface area contributed by atoms with Crippen LogP contribution in [0.4, 0.5) is 5.69 Å². The summed E-state index contributed by atoms with van der Waals surface area (Å²) in [6.45, 7) is -0.0147. The first kappa shape index (κ1) is 10.9. The number of pyridine rings is 1. The largest absolute Gasteiger partial charge is 0.474 e. The molecule has 1 heterocycles. The van der Waals surface area contributed by atoms with Crippen LogP contribution in [-0.4, -0.2) is 16.5 Å². The molecule has 1 aromatic heterocycles. The van der Waals surface area contributed by atoms with Crippen LogP contribution in [0.25, 0.3) is 10.9 Å². The van der Waals surface area contributed by atoms with Gasteiger partial charge in [-0.2, -0.15) is 0 Å². The topological polar surface area (TPSA) is 65.3 Å². The second-order valence-corrected chi connectivity index (χ2v) is 3.27. The van der Waals surface area contributed by atoms with Crippen molar-refractivity contribution < 1.29 is 9.66 Å². The Labute approximate surface area is 97.2 Å². The van der Waals surface area contributed by atoms with Gasteiger partial charge in [0.1, 0.15) is 6.61 Å². The van der Waals surface area contributed by atoms with Gasteiger partial charge in [0.25, 0.3) is 0 Å². The lowest BCUT2D eigenvalue weighted by Crippen LogP contribution is -1.99. The van der Waals surface area contributed by atoms with E-state index in [-0.39, 0.29) is 18.0 Å². The minimum absolute atomic E-state index is 0.0147. The van der Waals surface area contributed by atoms with Gasteiger partial charge >= 0.3 is 5.69 Å². The second-order valence-electron chi connectivity index (χ2n) is 3.27. The Kier molecular flexibility index (Phi) is 2.88. The fourth-order valence-corrected chi connectivity index (χ4v) is 1.47. The SMILES string of the molecule is C#CCOc1cc2ncccc2cc1[N+](=O)[O-]. The number of nitro benzene ring substituents is 1. The molecular weight excluding hydrogens is 220 g/mol. The summed E-state index contributed by atoms with van der Waals surface area (Å²) in [7, 11) is 0. The third kappa shape index (κ3) is 2.16. The molecule has 0 fully saturated rings. The van der Waals surface area contributed by atoms with Gasteiger partial charge in [0.2, 0.25) is 0 Å². The van der Waals surface area contributed by atoms with Crippen LogP contribution in [0.5, 0.6) is 5.75 Å². The minimum Gasteiger partial charge on any atom is -0.474 e. The number of hydrogen-bond donors (Lipinski definition) is 0. The van der Waals surface area contributed by atoms with E-state index in [9.17, 15) is 10.1 Å². The van der Waals surface area contributed by atoms with E-state index in [0.717, 1.165) is 0 Å². The van der Waals surface area contributed by atoms with Crippen LogP contribution < -0.4 is 4.74 Å². The molecular formula is C12H8N2O3. The third-order valence-corrected chi connectivity index (χ3v) is 2.19. The summed E-state index contributed by atoms with van der Waals surface area (Å²) in [4.78, 5) is 14.5. The molecule has 0 aliphatic rings. The molecule has 84 valence electrons. The van der Waals surface area contributed by atoms with Crippen LogP contribution in [0, 0.1) is 22.5 Å². The number of aromatic nitrogens is 1. The van der Waals surface area contributed by atoms with E-state index in [4.69, 9.17) is 11.2 Å². The Morgan fingerprint density at radius 3 is 3.06 bits per heavy atom. The number of nitrogens with zero attached hydrogens (tertiary/aromatic N) is 2. The van der Waals surface area contributed by atoms with E-state index >= 15 is 0 Å². The molecule has 2 aromatic rings. The van der Waals surface area contributed by atoms with Crippen molar-refractivity contribution in [3.05, 3.63) is 40.6 Å². The van der Waals surface area contributed by atoms with Crippen LogP contribution in [0.1, 0.15) is 0 Å². The molecule has 0 spiro atoms. The van der Waals surface area contributed by atoms with Gasteiger partial charge in [0, 0.05) is 23.7 Å². The van der Waals surface area contributed by atoms with Gasteiger partial charge in [-0.25, -0.2) is 0 Å². The fourth-order valence-electron chi connectivity index (χ4n) is 1.47. The van der Waals surface area contributed by atoms with Crippen molar-refractivity contribution in [3.63, 3.8) is 0 Å². The lowest BCUT2D eigenvalue weighted by Gasteiger charge is -2.04. The zero-order chi connectivity index (χ0) is 12.3. The molecule has 2 rings (SSSR count). The Hall–Kier alpha value is -2.61. The highest BCUT2D eigenvalue weighted by atomic mass is 16.6. The molecule has 0 saturated heterocycles. The molecule has 5 nitrogen and oxygen atoms in total. The first-order valence-corrected chi connectivity index (χ1v) is 4.82. The van der Waals surface area contributed by atoms with Crippen LogP contribution >= 0.6 is 0 Å². The summed E-state index contributed by atoms with van der Waals surface area (Å²) in [5, 5.41) is 11.6. The van der Waals surface area contributed by atoms with Gasteiger partial charge in [0.05, 0.1) is 10.4 Å². The van der Waals surface area contributed by atoms with Crippen molar-refractivity contribution in [2.45, 2.75) is 0 Å². The second kappa shape index (κ2) is 4.49. The maximum Gasteiger partial charge on any atom is 0.311 e. The zero-order valence-electron chi connectivity index (χ0n) is 8.79. The molecule has 0 aliphatic carbocycles. The predicted molar refractivity (Wildman–Crippen MR) is 62.7 cm³/mol. The van der Waals surface area contributed by atoms with E-state index in [1.165, 1.54) is 12.1 Å². The first-order valence-electron chi connectivity index (χ1n) is 4.82. The molecule has 0 atom stereocenters. The molecule has 0 radical (unpaired) electrons. The van der Waals surface area contributed by atoms with Gasteiger partial charge in [-0.3, -0.25) is 15.1 Å². The standard InChI is InChI=1S/C12H8N2O3/c1-2-6-17-12-8-10-9(4-3-5-13-10)7-11(12)14(15)16/h1,3-5,7-8H,6H2. The molecule has 0 aliphatic heterocycles. The summed E-state index contributed by atoms with van der Waals surface area (Å²) in [5.74, 6) is 2.40. The number of rotatable bonds is 3. The van der Waals surface area contributed by atoms with Crippen molar-refractivity contribution in [2.75, 3.05) is 6.61 Å². The average molecular weight is 228 g/mol. The number of nitro groups is 1. The molecule has 1 aromatic carbocycles. The van der Waals surface area contributed by atoms with Crippen LogP contribution in [0.3, 0.4) is 0 Å². The molecule has 0 saturated carbocycles. The molecule has 17 heavy (non-hydrogen) atoms. The van der Waals surface area contributed by atoms with Crippen LogP contribution in [-0.2, 0) is 0 Å². The van der Waals surface area contributed by atoms with E-state index in [0.29, 0.717) is 10.9 Å². The van der Waals surface area contributed by atoms with Gasteiger partial charge in [-0.1, -0.05) is 12.0 Å². The van der Waals surface area contributed by atoms with E-state index in [1.54, 1.807) is 18.3 Å². The number of fused-ring (bicyclic) bond motifs is 1. The maximum absolute atomic E-state index is 10.9. The molecule has 0 amide bonds. The lowest BCUT2D eigenvalue weighted by atomic mass is 10.2. The van der Waals surface area contributed by atoms with E-state index < -0.39 is 4.92 Å². The fraction of sp³-hybridized carbons (Fsp3) is 0.0833. The summed E-state index contributed by atoms with van der Waals surface area (Å²) in [5.41, 5.74) is 0.519. The monoisotopic (exact) mass is 228 g/mol. The van der Waals surface area contributed by atoms with Crippen LogP contribution in [0.2, 0.25) is 0 Å². The van der Waals surface area contributed by atoms with Crippen molar-refractivity contribution in [3.8, 4) is 18.1 Å². The predicted octanol–water partition coefficient (Wildman–Crippen LogP) is 2.16. The van der Waals surface area contributed by atoms with Crippen molar-refractivity contribution >= 4 is 16.6 Å². The van der Waals surface area contributed by atoms with E-state index in [1.807, 2.05) is 0 Å². The Balaban J connectivity index is 2.58. The third-order valence-electron chi connectivity index (χ3n) is 2.19. The highest BCUT2D eigenvalue weighted by Crippen LogP contribution is 2.31. The summed E-state index contributed by atoms with van der Waals surface area (Å²) < 4.78 is 5.14. The quantitative estimate of drug-likeness (QED) is 0.458. The molecule has 0 N–H and O–H groups in total. The summed E-state index contributed by atoms with van der Waals surface area (Å²) >= 11 is 0. The Bertz CT molecular complexity index is 617. The van der Waals surface area contributed by atoms with Gasteiger partial charge < -0.3 is 4.74 Å². The van der Waals surface area contributed by atoms with Gasteiger partial charge in [-0.15, -0.1) is 6.42 Å². The van der Waals surface area contributed by atoms with Gasteiger partial charge in [0.15, 0.2) is 5.75 Å². The smallest absolute Gasteiger partial charge is 0.311 e. The normalized spacial score (nSPS) is 9.82. The average Bonchev–Trinajstić information content (AvgIpc) is 2.35. The molecule has 0 unspecified atom stereocenters. The minimum atomic E-state index is -0.502. The van der Waals surface area contributed by atoms with Crippen LogP contribution in [0.15, 0.2) is 30.5 Å². The first-order chi connectivity index (χ1) is 8.22. The number of ether oxygens (including phenoxy) is 1. The molecule has 5 heteroatoms. The lowest BCUT2D eigenvalue weighted by molar-refractivity contribution is -0.385. The van der Waals surface area contributed by atoms with Crippen molar-refractivity contribution in [1.29, 1.82) is 0 Å². The molecule has 0 bridgehead atoms. The Morgan fingerprint density at radius 2 is 2.35 bits per heavy atom. The Morgan fingerprint density at radius 1 is 1.53 bits per heavy atom. The van der Waals surface area contributed by atoms with Crippen molar-refractivity contribution in [2.24, 2.45) is 0 Å². The number of hydrogen-bond acceptors (Lipinski definition) is 4. The number of benzene rings is 1. The summed E-state index contributed by atoms with van der Waals surface area (Å²) in [6, 6.07) is 6.41. The highest BCUT2D eigenvalue weighted by molar-refractivity contribution is 5.83. The summed E-state index contributed by atoms with van der Waals surface area (Å²) in [6.07, 6.45) is 6.66. The van der Waals surface area contributed by atoms with Crippen molar-refractivity contribution in [1.82, 2.24) is 4.98 Å². The zero-order valence-corrected chi connectivity index (χ0v) is 8.79.